The Morgan fingerprint density at radius 2 is 2.00 bits per heavy atom. The highest BCUT2D eigenvalue weighted by atomic mass is 19.4. The van der Waals surface area contributed by atoms with E-state index in [1.165, 1.54) is 0 Å². The number of likely N-dealkylation sites (tertiary alicyclic amines) is 1. The van der Waals surface area contributed by atoms with Crippen molar-refractivity contribution in [1.29, 1.82) is 0 Å². The minimum absolute atomic E-state index is 0.179. The van der Waals surface area contributed by atoms with Crippen molar-refractivity contribution >= 4 is 11.9 Å². The molecule has 1 rings (SSSR count). The first-order chi connectivity index (χ1) is 7.31. The average Bonchev–Trinajstić information content (AvgIpc) is 2.61. The number of allylic oxidation sites excluding steroid dienone is 1. The molecule has 1 N–H and O–H groups in total. The Bertz CT molecular complexity index is 324. The van der Waals surface area contributed by atoms with Crippen LogP contribution in [0.25, 0.3) is 0 Å². The fraction of sp³-hybridized carbons (Fsp3) is 0.556. The highest BCUT2D eigenvalue weighted by Gasteiger charge is 2.33. The van der Waals surface area contributed by atoms with Gasteiger partial charge in [0.2, 0.25) is 5.91 Å². The van der Waals surface area contributed by atoms with E-state index in [0.717, 1.165) is 4.90 Å². The molecule has 1 fully saturated rings. The zero-order chi connectivity index (χ0) is 12.3. The molecule has 0 aromatic heterocycles. The predicted molar refractivity (Wildman–Crippen MR) is 47.6 cm³/mol. The largest absolute Gasteiger partial charge is 0.480 e. The first kappa shape index (κ1) is 12.5. The Morgan fingerprint density at radius 3 is 2.50 bits per heavy atom. The molecule has 0 radical (unpaired) electrons. The van der Waals surface area contributed by atoms with Crippen LogP contribution in [0.2, 0.25) is 0 Å². The standard InChI is InChI=1S/C9H10F3NO3/c10-9(11,12)4-3-7(14)13-5-1-2-6(13)8(15)16/h3-4,6H,1-2,5H2,(H,15,16)/t6-/m0/s1. The fourth-order valence-electron chi connectivity index (χ4n) is 1.55. The van der Waals surface area contributed by atoms with Crippen molar-refractivity contribution in [3.05, 3.63) is 12.2 Å². The number of carbonyl (C=O) groups excluding carboxylic acids is 1. The van der Waals surface area contributed by atoms with Crippen LogP contribution in [0.4, 0.5) is 13.2 Å². The lowest BCUT2D eigenvalue weighted by Crippen LogP contribution is -2.39. The van der Waals surface area contributed by atoms with E-state index in [2.05, 4.69) is 0 Å². The number of alkyl halides is 3. The van der Waals surface area contributed by atoms with E-state index in [1.807, 2.05) is 0 Å². The molecule has 1 saturated heterocycles. The number of halogens is 3. The highest BCUT2D eigenvalue weighted by molar-refractivity contribution is 5.91. The molecule has 0 aromatic rings. The number of rotatable bonds is 2. The number of amides is 1. The summed E-state index contributed by atoms with van der Waals surface area (Å²) in [5.41, 5.74) is 0. The molecule has 7 heteroatoms. The first-order valence-corrected chi connectivity index (χ1v) is 4.60. The first-order valence-electron chi connectivity index (χ1n) is 4.60. The summed E-state index contributed by atoms with van der Waals surface area (Å²) >= 11 is 0. The fourth-order valence-corrected chi connectivity index (χ4v) is 1.55. The molecule has 0 aliphatic carbocycles. The summed E-state index contributed by atoms with van der Waals surface area (Å²) in [5, 5.41) is 8.72. The summed E-state index contributed by atoms with van der Waals surface area (Å²) < 4.78 is 35.4. The minimum Gasteiger partial charge on any atom is -0.480 e. The van der Waals surface area contributed by atoms with Gasteiger partial charge in [0.05, 0.1) is 0 Å². The molecule has 0 bridgehead atoms. The number of nitrogens with zero attached hydrogens (tertiary/aromatic N) is 1. The van der Waals surface area contributed by atoms with E-state index in [9.17, 15) is 22.8 Å². The number of carboxylic acid groups (broad SMARTS) is 1. The second-order valence-electron chi connectivity index (χ2n) is 3.40. The van der Waals surface area contributed by atoms with Gasteiger partial charge in [-0.3, -0.25) is 4.79 Å². The summed E-state index contributed by atoms with van der Waals surface area (Å²) in [5.74, 6) is -2.10. The summed E-state index contributed by atoms with van der Waals surface area (Å²) in [4.78, 5) is 22.9. The van der Waals surface area contributed by atoms with Crippen LogP contribution in [0, 0.1) is 0 Å². The maximum Gasteiger partial charge on any atom is 0.409 e. The minimum atomic E-state index is -4.56. The van der Waals surface area contributed by atoms with Gasteiger partial charge in [-0.15, -0.1) is 0 Å². The maximum atomic E-state index is 11.8. The lowest BCUT2D eigenvalue weighted by molar-refractivity contribution is -0.146. The molecular formula is C9H10F3NO3. The molecule has 1 heterocycles. The van der Waals surface area contributed by atoms with Crippen LogP contribution in [-0.2, 0) is 9.59 Å². The van der Waals surface area contributed by atoms with Crippen molar-refractivity contribution < 1.29 is 27.9 Å². The van der Waals surface area contributed by atoms with Gasteiger partial charge in [-0.1, -0.05) is 0 Å². The van der Waals surface area contributed by atoms with Crippen molar-refractivity contribution in [2.24, 2.45) is 0 Å². The lowest BCUT2D eigenvalue weighted by atomic mass is 10.2. The van der Waals surface area contributed by atoms with Gasteiger partial charge >= 0.3 is 12.1 Å². The van der Waals surface area contributed by atoms with E-state index in [4.69, 9.17) is 5.11 Å². The van der Waals surface area contributed by atoms with Gasteiger partial charge in [0.15, 0.2) is 0 Å². The molecule has 1 atom stereocenters. The highest BCUT2D eigenvalue weighted by Crippen LogP contribution is 2.20. The smallest absolute Gasteiger partial charge is 0.409 e. The molecule has 0 unspecified atom stereocenters. The van der Waals surface area contributed by atoms with Gasteiger partial charge in [0, 0.05) is 18.7 Å². The summed E-state index contributed by atoms with van der Waals surface area (Å²) in [6, 6.07) is -1.01. The molecule has 90 valence electrons. The van der Waals surface area contributed by atoms with Crippen molar-refractivity contribution in [2.75, 3.05) is 6.54 Å². The quantitative estimate of drug-likeness (QED) is 0.733. The Labute approximate surface area is 89.3 Å². The van der Waals surface area contributed by atoms with Crippen LogP contribution in [0.5, 0.6) is 0 Å². The van der Waals surface area contributed by atoms with Gasteiger partial charge in [-0.05, 0) is 12.8 Å². The van der Waals surface area contributed by atoms with Gasteiger partial charge in [0.25, 0.3) is 0 Å². The van der Waals surface area contributed by atoms with Crippen molar-refractivity contribution in [3.63, 3.8) is 0 Å². The second-order valence-corrected chi connectivity index (χ2v) is 3.40. The molecule has 1 aliphatic rings. The number of hydrogen-bond donors (Lipinski definition) is 1. The van der Waals surface area contributed by atoms with Crippen LogP contribution in [0.3, 0.4) is 0 Å². The van der Waals surface area contributed by atoms with Crippen LogP contribution < -0.4 is 0 Å². The van der Waals surface area contributed by atoms with Crippen LogP contribution >= 0.6 is 0 Å². The Kier molecular flexibility index (Phi) is 3.56. The molecule has 1 amide bonds. The average molecular weight is 237 g/mol. The van der Waals surface area contributed by atoms with E-state index in [1.54, 1.807) is 0 Å². The molecule has 1 aliphatic heterocycles. The second kappa shape index (κ2) is 4.54. The Hall–Kier alpha value is -1.53. The third-order valence-electron chi connectivity index (χ3n) is 2.24. The van der Waals surface area contributed by atoms with E-state index in [-0.39, 0.29) is 19.0 Å². The van der Waals surface area contributed by atoms with Crippen LogP contribution in [0.1, 0.15) is 12.8 Å². The summed E-state index contributed by atoms with van der Waals surface area (Å²) in [7, 11) is 0. The summed E-state index contributed by atoms with van der Waals surface area (Å²) in [6.07, 6.45) is -3.62. The predicted octanol–water partition coefficient (Wildman–Crippen LogP) is 1.18. The topological polar surface area (TPSA) is 57.6 Å². The van der Waals surface area contributed by atoms with Crippen molar-refractivity contribution in [1.82, 2.24) is 4.90 Å². The van der Waals surface area contributed by atoms with Gasteiger partial charge in [-0.2, -0.15) is 13.2 Å². The molecule has 0 aromatic carbocycles. The molecule has 16 heavy (non-hydrogen) atoms. The number of aliphatic carboxylic acids is 1. The zero-order valence-electron chi connectivity index (χ0n) is 8.20. The van der Waals surface area contributed by atoms with E-state index in [0.29, 0.717) is 12.5 Å². The molecule has 0 spiro atoms. The normalized spacial score (nSPS) is 21.7. The SMILES string of the molecule is O=C(O)[C@@H]1CCCN1C(=O)C=CC(F)(F)F. The van der Waals surface area contributed by atoms with Gasteiger partial charge in [-0.25, -0.2) is 4.79 Å². The Balaban J connectivity index is 2.67. The third-order valence-corrected chi connectivity index (χ3v) is 2.24. The van der Waals surface area contributed by atoms with E-state index >= 15 is 0 Å². The van der Waals surface area contributed by atoms with E-state index < -0.39 is 24.1 Å². The number of carbonyl (C=O) groups is 2. The molecule has 0 saturated carbocycles. The van der Waals surface area contributed by atoms with Gasteiger partial charge in [0.1, 0.15) is 6.04 Å². The zero-order valence-corrected chi connectivity index (χ0v) is 8.20. The molecule has 4 nitrogen and oxygen atoms in total. The number of hydrogen-bond acceptors (Lipinski definition) is 2. The lowest BCUT2D eigenvalue weighted by Gasteiger charge is -2.19. The molecular weight excluding hydrogens is 227 g/mol. The van der Waals surface area contributed by atoms with Crippen LogP contribution in [-0.4, -0.2) is 40.6 Å². The maximum absolute atomic E-state index is 11.8. The summed E-state index contributed by atoms with van der Waals surface area (Å²) in [6.45, 7) is 0.179. The Morgan fingerprint density at radius 1 is 1.38 bits per heavy atom. The number of carboxylic acids is 1. The monoisotopic (exact) mass is 237 g/mol. The van der Waals surface area contributed by atoms with Gasteiger partial charge < -0.3 is 10.0 Å². The van der Waals surface area contributed by atoms with Crippen molar-refractivity contribution in [3.8, 4) is 0 Å². The third kappa shape index (κ3) is 3.25. The van der Waals surface area contributed by atoms with Crippen LogP contribution in [0.15, 0.2) is 12.2 Å². The van der Waals surface area contributed by atoms with Crippen molar-refractivity contribution in [2.45, 2.75) is 25.1 Å².